The first-order valence-electron chi connectivity index (χ1n) is 11.8. The van der Waals surface area contributed by atoms with Gasteiger partial charge in [-0.15, -0.1) is 0 Å². The third-order valence-electron chi connectivity index (χ3n) is 7.55. The average Bonchev–Trinajstić information content (AvgIpc) is 2.76. The fraction of sp³-hybridized carbons (Fsp3) is 0.464. The highest BCUT2D eigenvalue weighted by Gasteiger charge is 2.52. The van der Waals surface area contributed by atoms with Gasteiger partial charge in [0.25, 0.3) is 0 Å². The number of carbonyl (C=O) groups excluding carboxylic acids is 1. The topological polar surface area (TPSA) is 35.5 Å². The second kappa shape index (κ2) is 8.53. The summed E-state index contributed by atoms with van der Waals surface area (Å²) in [5, 5.41) is 0. The Morgan fingerprint density at radius 1 is 1.00 bits per heavy atom. The van der Waals surface area contributed by atoms with E-state index in [1.165, 1.54) is 55.7 Å². The summed E-state index contributed by atoms with van der Waals surface area (Å²) in [4.78, 5) is 11.8. The van der Waals surface area contributed by atoms with Crippen LogP contribution in [0.5, 0.6) is 5.75 Å². The second-order valence-electron chi connectivity index (χ2n) is 9.81. The van der Waals surface area contributed by atoms with Crippen LogP contribution in [0.2, 0.25) is 0 Å². The maximum atomic E-state index is 11.8. The number of benzene rings is 2. The molecule has 4 saturated carbocycles. The van der Waals surface area contributed by atoms with E-state index >= 15 is 0 Å². The van der Waals surface area contributed by atoms with Crippen molar-refractivity contribution in [3.05, 3.63) is 71.3 Å². The van der Waals surface area contributed by atoms with Crippen molar-refractivity contribution < 1.29 is 14.3 Å². The van der Waals surface area contributed by atoms with Gasteiger partial charge in [0.2, 0.25) is 0 Å². The van der Waals surface area contributed by atoms with Crippen LogP contribution >= 0.6 is 0 Å². The molecular weight excluding hydrogens is 384 g/mol. The number of hydrogen-bond acceptors (Lipinski definition) is 3. The summed E-state index contributed by atoms with van der Waals surface area (Å²) < 4.78 is 11.5. The molecule has 3 nitrogen and oxygen atoms in total. The molecule has 0 spiro atoms. The van der Waals surface area contributed by atoms with Crippen LogP contribution in [-0.4, -0.2) is 12.6 Å². The summed E-state index contributed by atoms with van der Waals surface area (Å²) in [7, 11) is 0. The van der Waals surface area contributed by atoms with Gasteiger partial charge in [-0.3, -0.25) is 0 Å². The number of rotatable bonds is 7. The highest BCUT2D eigenvalue weighted by Crippen LogP contribution is 2.62. The lowest BCUT2D eigenvalue weighted by molar-refractivity contribution is -0.137. The zero-order chi connectivity index (χ0) is 21.3. The normalized spacial score (nSPS) is 28.7. The average molecular weight is 417 g/mol. The van der Waals surface area contributed by atoms with Gasteiger partial charge in [-0.25, -0.2) is 4.79 Å². The van der Waals surface area contributed by atoms with E-state index in [1.54, 1.807) is 0 Å². The number of esters is 1. The third kappa shape index (κ3) is 4.28. The highest BCUT2D eigenvalue weighted by atomic mass is 16.5. The molecule has 0 amide bonds. The van der Waals surface area contributed by atoms with Crippen molar-refractivity contribution in [2.45, 2.75) is 57.5 Å². The van der Waals surface area contributed by atoms with Crippen LogP contribution in [0.15, 0.2) is 54.6 Å². The van der Waals surface area contributed by atoms with E-state index in [4.69, 9.17) is 9.47 Å². The summed E-state index contributed by atoms with van der Waals surface area (Å²) in [5.41, 5.74) is 3.82. The van der Waals surface area contributed by atoms with Crippen LogP contribution in [0.1, 0.15) is 62.1 Å². The monoisotopic (exact) mass is 416 g/mol. The van der Waals surface area contributed by atoms with Crippen molar-refractivity contribution >= 4 is 12.0 Å². The van der Waals surface area contributed by atoms with Gasteiger partial charge in [-0.2, -0.15) is 0 Å². The molecule has 0 N–H and O–H groups in total. The van der Waals surface area contributed by atoms with Crippen molar-refractivity contribution in [2.75, 3.05) is 6.61 Å². The minimum atomic E-state index is -0.289. The van der Waals surface area contributed by atoms with Gasteiger partial charge >= 0.3 is 5.97 Å². The summed E-state index contributed by atoms with van der Waals surface area (Å²) in [5.74, 6) is 3.33. The Hall–Kier alpha value is -2.55. The molecule has 4 bridgehead atoms. The van der Waals surface area contributed by atoms with Crippen LogP contribution < -0.4 is 4.74 Å². The minimum absolute atomic E-state index is 0.231. The van der Waals surface area contributed by atoms with Gasteiger partial charge in [-0.05, 0) is 98.0 Å². The summed E-state index contributed by atoms with van der Waals surface area (Å²) in [6.07, 6.45) is 11.5. The smallest absolute Gasteiger partial charge is 0.330 e. The van der Waals surface area contributed by atoms with E-state index in [0.717, 1.165) is 29.1 Å². The van der Waals surface area contributed by atoms with Gasteiger partial charge in [0.05, 0.1) is 6.61 Å². The molecule has 0 radical (unpaired) electrons. The van der Waals surface area contributed by atoms with Crippen LogP contribution in [0.4, 0.5) is 0 Å². The molecule has 31 heavy (non-hydrogen) atoms. The quantitative estimate of drug-likeness (QED) is 0.392. The third-order valence-corrected chi connectivity index (χ3v) is 7.55. The first-order valence-corrected chi connectivity index (χ1v) is 11.8. The molecule has 3 heteroatoms. The Balaban J connectivity index is 1.46. The van der Waals surface area contributed by atoms with E-state index in [9.17, 15) is 4.79 Å². The summed E-state index contributed by atoms with van der Waals surface area (Å²) in [6, 6.07) is 16.8. The van der Waals surface area contributed by atoms with Gasteiger partial charge in [0.15, 0.2) is 0 Å². The lowest BCUT2D eigenvalue weighted by Gasteiger charge is -2.57. The first kappa shape index (κ1) is 20.4. The lowest BCUT2D eigenvalue weighted by atomic mass is 9.48. The van der Waals surface area contributed by atoms with Crippen LogP contribution in [0, 0.1) is 17.8 Å². The zero-order valence-electron chi connectivity index (χ0n) is 18.4. The molecule has 4 fully saturated rings. The Morgan fingerprint density at radius 3 is 2.32 bits per heavy atom. The van der Waals surface area contributed by atoms with Crippen LogP contribution in [-0.2, 0) is 21.6 Å². The molecule has 6 rings (SSSR count). The number of ether oxygens (including phenoxy) is 2. The van der Waals surface area contributed by atoms with E-state index in [0.29, 0.717) is 13.2 Å². The lowest BCUT2D eigenvalue weighted by Crippen LogP contribution is -2.48. The summed E-state index contributed by atoms with van der Waals surface area (Å²) >= 11 is 0. The Bertz CT molecular complexity index is 924. The van der Waals surface area contributed by atoms with Crippen LogP contribution in [0.25, 0.3) is 6.08 Å². The molecule has 4 aliphatic rings. The summed E-state index contributed by atoms with van der Waals surface area (Å²) in [6.45, 7) is 2.81. The zero-order valence-corrected chi connectivity index (χ0v) is 18.4. The molecule has 0 aliphatic heterocycles. The van der Waals surface area contributed by atoms with E-state index in [1.807, 2.05) is 19.1 Å². The molecule has 2 aromatic carbocycles. The molecule has 0 unspecified atom stereocenters. The maximum Gasteiger partial charge on any atom is 0.330 e. The molecule has 0 heterocycles. The van der Waals surface area contributed by atoms with E-state index < -0.39 is 0 Å². The molecule has 2 aromatic rings. The Morgan fingerprint density at radius 2 is 1.68 bits per heavy atom. The first-order chi connectivity index (χ1) is 15.1. The van der Waals surface area contributed by atoms with Gasteiger partial charge in [-0.1, -0.05) is 36.4 Å². The fourth-order valence-electron chi connectivity index (χ4n) is 6.72. The molecular formula is C28H32O3. The maximum absolute atomic E-state index is 11.8. The van der Waals surface area contributed by atoms with E-state index in [2.05, 4.69) is 42.5 Å². The Kier molecular flexibility index (Phi) is 5.60. The molecule has 4 aliphatic carbocycles. The Labute approximate surface area is 185 Å². The predicted octanol–water partition coefficient (Wildman–Crippen LogP) is 6.31. The number of carbonyl (C=O) groups is 1. The van der Waals surface area contributed by atoms with Gasteiger partial charge in [0, 0.05) is 11.6 Å². The standard InChI is InChI=1S/C28H32O3/c1-2-30-27(29)11-9-20-8-10-26(31-19-21-6-4-3-5-7-21)25(15-20)28-16-22-12-23(17-28)14-24(13-22)18-28/h3-11,15,22-24H,2,12-14,16-19H2,1H3/b11-9+. The minimum Gasteiger partial charge on any atom is -0.489 e. The fourth-order valence-corrected chi connectivity index (χ4v) is 6.72. The molecule has 0 atom stereocenters. The molecule has 0 aromatic heterocycles. The second-order valence-corrected chi connectivity index (χ2v) is 9.81. The van der Waals surface area contributed by atoms with Crippen molar-refractivity contribution in [1.29, 1.82) is 0 Å². The highest BCUT2D eigenvalue weighted by molar-refractivity contribution is 5.87. The van der Waals surface area contributed by atoms with E-state index in [-0.39, 0.29) is 11.4 Å². The van der Waals surface area contributed by atoms with Gasteiger partial charge in [0.1, 0.15) is 12.4 Å². The van der Waals surface area contributed by atoms with Gasteiger partial charge < -0.3 is 9.47 Å². The van der Waals surface area contributed by atoms with Crippen molar-refractivity contribution in [1.82, 2.24) is 0 Å². The van der Waals surface area contributed by atoms with Crippen molar-refractivity contribution in [2.24, 2.45) is 17.8 Å². The largest absolute Gasteiger partial charge is 0.489 e. The molecule has 162 valence electrons. The SMILES string of the molecule is CCOC(=O)/C=C/c1ccc(OCc2ccccc2)c(C23CC4CC(CC(C4)C2)C3)c1. The molecule has 0 saturated heterocycles. The van der Waals surface area contributed by atoms with Crippen LogP contribution in [0.3, 0.4) is 0 Å². The predicted molar refractivity (Wildman–Crippen MR) is 123 cm³/mol. The number of hydrogen-bond donors (Lipinski definition) is 0. The van der Waals surface area contributed by atoms with Crippen molar-refractivity contribution in [3.63, 3.8) is 0 Å². The van der Waals surface area contributed by atoms with Crippen molar-refractivity contribution in [3.8, 4) is 5.75 Å².